The molecule has 0 spiro atoms. The molecule has 0 aliphatic carbocycles. The number of rotatable bonds is 2. The molecule has 3 rings (SSSR count). The molecule has 0 saturated carbocycles. The lowest BCUT2D eigenvalue weighted by Gasteiger charge is -2.16. The van der Waals surface area contributed by atoms with Gasteiger partial charge in [0.25, 0.3) is 0 Å². The van der Waals surface area contributed by atoms with Crippen molar-refractivity contribution >= 4 is 0 Å². The number of nitrogens with one attached hydrogen (secondary N) is 2. The minimum Gasteiger partial charge on any atom is -0.364 e. The molecule has 0 amide bonds. The second kappa shape index (κ2) is 3.26. The van der Waals surface area contributed by atoms with Crippen LogP contribution in [0, 0.1) is 0 Å². The van der Waals surface area contributed by atoms with Crippen molar-refractivity contribution in [2.75, 3.05) is 26.2 Å². The molecule has 0 aromatic carbocycles. The van der Waals surface area contributed by atoms with Crippen LogP contribution in [0.25, 0.3) is 0 Å². The number of aromatic nitrogens is 1. The maximum absolute atomic E-state index is 3.40. The van der Waals surface area contributed by atoms with Gasteiger partial charge in [-0.25, -0.2) is 0 Å². The minimum absolute atomic E-state index is 1.06. The van der Waals surface area contributed by atoms with Gasteiger partial charge in [0, 0.05) is 44.6 Å². The van der Waals surface area contributed by atoms with E-state index in [2.05, 4.69) is 27.3 Å². The summed E-state index contributed by atoms with van der Waals surface area (Å²) >= 11 is 0. The van der Waals surface area contributed by atoms with E-state index in [0.717, 1.165) is 32.7 Å². The first-order chi connectivity index (χ1) is 6.92. The van der Waals surface area contributed by atoms with Gasteiger partial charge in [0.2, 0.25) is 0 Å². The van der Waals surface area contributed by atoms with Gasteiger partial charge in [0.1, 0.15) is 0 Å². The topological polar surface area (TPSA) is 31.1 Å². The lowest BCUT2D eigenvalue weighted by molar-refractivity contribution is 0.327. The number of H-pyrrole nitrogens is 1. The Morgan fingerprint density at radius 3 is 2.64 bits per heavy atom. The van der Waals surface area contributed by atoms with Crippen molar-refractivity contribution in [2.24, 2.45) is 0 Å². The SMILES string of the molecule is c1c[nH]c(CN2CC3=C(CNC3)C2)c1. The van der Waals surface area contributed by atoms with Gasteiger partial charge in [0.15, 0.2) is 0 Å². The molecule has 14 heavy (non-hydrogen) atoms. The maximum Gasteiger partial charge on any atom is 0.0391 e. The van der Waals surface area contributed by atoms with Crippen molar-refractivity contribution in [2.45, 2.75) is 6.54 Å². The molecular formula is C11H15N3. The number of hydrogen-bond donors (Lipinski definition) is 2. The molecule has 2 aliphatic heterocycles. The van der Waals surface area contributed by atoms with Crippen molar-refractivity contribution in [1.82, 2.24) is 15.2 Å². The van der Waals surface area contributed by atoms with Gasteiger partial charge in [-0.05, 0) is 23.3 Å². The molecule has 1 aromatic rings. The van der Waals surface area contributed by atoms with Crippen molar-refractivity contribution in [3.8, 4) is 0 Å². The van der Waals surface area contributed by atoms with E-state index in [0.29, 0.717) is 0 Å². The summed E-state index contributed by atoms with van der Waals surface area (Å²) in [5, 5.41) is 3.40. The first-order valence-corrected chi connectivity index (χ1v) is 5.17. The molecule has 0 saturated heterocycles. The molecule has 3 nitrogen and oxygen atoms in total. The average Bonchev–Trinajstić information content (AvgIpc) is 2.78. The Balaban J connectivity index is 1.63. The fourth-order valence-electron chi connectivity index (χ4n) is 2.36. The molecule has 0 bridgehead atoms. The Morgan fingerprint density at radius 2 is 2.00 bits per heavy atom. The summed E-state index contributed by atoms with van der Waals surface area (Å²) in [5.41, 5.74) is 4.56. The lowest BCUT2D eigenvalue weighted by Crippen LogP contribution is -2.26. The molecule has 0 unspecified atom stereocenters. The summed E-state index contributed by atoms with van der Waals surface area (Å²) < 4.78 is 0. The third kappa shape index (κ3) is 1.38. The predicted octanol–water partition coefficient (Wildman–Crippen LogP) is 0.730. The highest BCUT2D eigenvalue weighted by atomic mass is 15.2. The van der Waals surface area contributed by atoms with Gasteiger partial charge in [0.05, 0.1) is 0 Å². The molecule has 1 aromatic heterocycles. The van der Waals surface area contributed by atoms with E-state index in [4.69, 9.17) is 0 Å². The molecule has 0 radical (unpaired) electrons. The number of nitrogens with zero attached hydrogens (tertiary/aromatic N) is 1. The van der Waals surface area contributed by atoms with E-state index < -0.39 is 0 Å². The Morgan fingerprint density at radius 1 is 1.21 bits per heavy atom. The van der Waals surface area contributed by atoms with Gasteiger partial charge in [-0.3, -0.25) is 4.90 Å². The van der Waals surface area contributed by atoms with Crippen LogP contribution in [0.4, 0.5) is 0 Å². The van der Waals surface area contributed by atoms with Crippen molar-refractivity contribution < 1.29 is 0 Å². The van der Waals surface area contributed by atoms with Crippen LogP contribution < -0.4 is 5.32 Å². The van der Waals surface area contributed by atoms with Crippen LogP contribution in [0.5, 0.6) is 0 Å². The first-order valence-electron chi connectivity index (χ1n) is 5.17. The van der Waals surface area contributed by atoms with Gasteiger partial charge < -0.3 is 10.3 Å². The van der Waals surface area contributed by atoms with Crippen LogP contribution in [0.1, 0.15) is 5.69 Å². The van der Waals surface area contributed by atoms with Gasteiger partial charge >= 0.3 is 0 Å². The van der Waals surface area contributed by atoms with Gasteiger partial charge in [-0.2, -0.15) is 0 Å². The number of aromatic amines is 1. The van der Waals surface area contributed by atoms with Gasteiger partial charge in [-0.1, -0.05) is 0 Å². The van der Waals surface area contributed by atoms with Crippen LogP contribution in [0.3, 0.4) is 0 Å². The summed E-state index contributed by atoms with van der Waals surface area (Å²) in [7, 11) is 0. The van der Waals surface area contributed by atoms with Crippen molar-refractivity contribution in [3.63, 3.8) is 0 Å². The second-order valence-electron chi connectivity index (χ2n) is 4.15. The normalized spacial score (nSPS) is 22.0. The maximum atomic E-state index is 3.40. The summed E-state index contributed by atoms with van der Waals surface area (Å²) in [4.78, 5) is 5.75. The van der Waals surface area contributed by atoms with Crippen LogP contribution in [-0.2, 0) is 6.54 Å². The highest BCUT2D eigenvalue weighted by Gasteiger charge is 2.24. The van der Waals surface area contributed by atoms with Crippen LogP contribution in [-0.4, -0.2) is 36.1 Å². The van der Waals surface area contributed by atoms with E-state index in [1.165, 1.54) is 5.69 Å². The van der Waals surface area contributed by atoms with E-state index >= 15 is 0 Å². The molecular weight excluding hydrogens is 174 g/mol. The fourth-order valence-corrected chi connectivity index (χ4v) is 2.36. The van der Waals surface area contributed by atoms with Crippen LogP contribution >= 0.6 is 0 Å². The molecule has 3 heteroatoms. The molecule has 3 heterocycles. The minimum atomic E-state index is 1.06. The first kappa shape index (κ1) is 8.26. The lowest BCUT2D eigenvalue weighted by atomic mass is 10.2. The Kier molecular flexibility index (Phi) is 1.92. The monoisotopic (exact) mass is 189 g/mol. The van der Waals surface area contributed by atoms with E-state index in [1.807, 2.05) is 6.20 Å². The Labute approximate surface area is 83.8 Å². The van der Waals surface area contributed by atoms with Gasteiger partial charge in [-0.15, -0.1) is 0 Å². The highest BCUT2D eigenvalue weighted by molar-refractivity contribution is 5.29. The molecule has 2 N–H and O–H groups in total. The average molecular weight is 189 g/mol. The fraction of sp³-hybridized carbons (Fsp3) is 0.455. The van der Waals surface area contributed by atoms with E-state index in [9.17, 15) is 0 Å². The summed E-state index contributed by atoms with van der Waals surface area (Å²) in [6, 6.07) is 4.22. The molecule has 0 fully saturated rings. The standard InChI is InChI=1S/C11H15N3/c1-2-11(13-3-1)8-14-6-9-4-12-5-10(9)7-14/h1-3,12-13H,4-8H2. The van der Waals surface area contributed by atoms with E-state index in [-0.39, 0.29) is 0 Å². The molecule has 0 atom stereocenters. The largest absolute Gasteiger partial charge is 0.364 e. The quantitative estimate of drug-likeness (QED) is 0.672. The molecule has 2 aliphatic rings. The third-order valence-electron chi connectivity index (χ3n) is 3.06. The van der Waals surface area contributed by atoms with Crippen molar-refractivity contribution in [3.05, 3.63) is 35.2 Å². The van der Waals surface area contributed by atoms with Crippen LogP contribution in [0.15, 0.2) is 29.5 Å². The summed E-state index contributed by atoms with van der Waals surface area (Å²) in [6.45, 7) is 5.58. The highest BCUT2D eigenvalue weighted by Crippen LogP contribution is 2.21. The third-order valence-corrected chi connectivity index (χ3v) is 3.06. The zero-order valence-corrected chi connectivity index (χ0v) is 8.21. The summed E-state index contributed by atoms with van der Waals surface area (Å²) in [5.74, 6) is 0. The number of hydrogen-bond acceptors (Lipinski definition) is 2. The zero-order chi connectivity index (χ0) is 9.38. The van der Waals surface area contributed by atoms with Crippen molar-refractivity contribution in [1.29, 1.82) is 0 Å². The predicted molar refractivity (Wildman–Crippen MR) is 56.0 cm³/mol. The Hall–Kier alpha value is -1.06. The van der Waals surface area contributed by atoms with Crippen LogP contribution in [0.2, 0.25) is 0 Å². The summed E-state index contributed by atoms with van der Waals surface area (Å²) in [6.07, 6.45) is 1.99. The smallest absolute Gasteiger partial charge is 0.0391 e. The Bertz CT molecular complexity index is 335. The molecule has 74 valence electrons. The zero-order valence-electron chi connectivity index (χ0n) is 8.21. The second-order valence-corrected chi connectivity index (χ2v) is 4.15. The van der Waals surface area contributed by atoms with E-state index in [1.54, 1.807) is 11.1 Å².